The number of carbonyl (C=O) groups is 3. The Morgan fingerprint density at radius 1 is 0.343 bits per heavy atom. The van der Waals surface area contributed by atoms with E-state index in [-0.39, 0.29) is 19.3 Å². The van der Waals surface area contributed by atoms with Gasteiger partial charge in [0.15, 0.2) is 18.7 Å². The van der Waals surface area contributed by atoms with Crippen molar-refractivity contribution in [3.05, 3.63) is 0 Å². The molecule has 1 aliphatic carbocycles. The van der Waals surface area contributed by atoms with Crippen LogP contribution >= 0.6 is 7.82 Å². The molecular weight excluding hydrogens is 1340 g/mol. The van der Waals surface area contributed by atoms with Crippen LogP contribution in [0.4, 0.5) is 0 Å². The summed E-state index contributed by atoms with van der Waals surface area (Å²) in [7, 11) is -5.70. The lowest BCUT2D eigenvalue weighted by atomic mass is 9.84. The molecule has 3 aliphatic rings. The summed E-state index contributed by atoms with van der Waals surface area (Å²) in [6, 6.07) is 0. The Morgan fingerprint density at radius 2 is 0.627 bits per heavy atom. The molecule has 18 unspecified atom stereocenters. The maximum absolute atomic E-state index is 14.4. The zero-order valence-corrected chi connectivity index (χ0v) is 64.1. The van der Waals surface area contributed by atoms with Gasteiger partial charge in [0.25, 0.3) is 0 Å². The molecule has 3 fully saturated rings. The number of hydrogen-bond acceptors (Lipinski definition) is 23. The van der Waals surface area contributed by atoms with E-state index in [1.54, 1.807) is 0 Å². The van der Waals surface area contributed by atoms with E-state index < -0.39 is 156 Å². The second-order valence-electron chi connectivity index (χ2n) is 29.5. The average molecular weight is 1490 g/mol. The van der Waals surface area contributed by atoms with E-state index in [1.165, 1.54) is 193 Å². The van der Waals surface area contributed by atoms with Crippen molar-refractivity contribution < 1.29 is 117 Å². The summed E-state index contributed by atoms with van der Waals surface area (Å²) in [5.41, 5.74) is 0. The Morgan fingerprint density at radius 3 is 0.961 bits per heavy atom. The van der Waals surface area contributed by atoms with Crippen LogP contribution < -0.4 is 0 Å². The largest absolute Gasteiger partial charge is 0.472 e. The van der Waals surface area contributed by atoms with Crippen LogP contribution in [0.25, 0.3) is 0 Å². The summed E-state index contributed by atoms with van der Waals surface area (Å²) in [6.45, 7) is 3.51. The maximum Gasteiger partial charge on any atom is 0.472 e. The Hall–Kier alpha value is -2.04. The van der Waals surface area contributed by atoms with Crippen molar-refractivity contribution in [2.75, 3.05) is 26.4 Å². The van der Waals surface area contributed by atoms with Crippen molar-refractivity contribution in [3.8, 4) is 0 Å². The van der Waals surface area contributed by atoms with Gasteiger partial charge < -0.3 is 89.1 Å². The quantitative estimate of drug-likeness (QED) is 0.0117. The molecule has 18 atom stereocenters. The smallest absolute Gasteiger partial charge is 0.463 e. The lowest BCUT2D eigenvalue weighted by Crippen LogP contribution is -2.69. The first kappa shape index (κ1) is 94.2. The van der Waals surface area contributed by atoms with Crippen LogP contribution in [-0.2, 0) is 61.2 Å². The summed E-state index contributed by atoms with van der Waals surface area (Å²) < 4.78 is 65.2. The van der Waals surface area contributed by atoms with Gasteiger partial charge in [-0.1, -0.05) is 303 Å². The molecule has 11 N–H and O–H groups in total. The van der Waals surface area contributed by atoms with E-state index in [2.05, 4.69) is 20.8 Å². The highest BCUT2D eigenvalue weighted by Gasteiger charge is 2.58. The molecule has 2 heterocycles. The molecular formula is C77H145O24P. The van der Waals surface area contributed by atoms with Crippen LogP contribution in [0.15, 0.2) is 0 Å². The van der Waals surface area contributed by atoms with Crippen molar-refractivity contribution >= 4 is 25.7 Å². The van der Waals surface area contributed by atoms with Crippen LogP contribution in [0.5, 0.6) is 0 Å². The van der Waals surface area contributed by atoms with Crippen molar-refractivity contribution in [1.29, 1.82) is 0 Å². The number of hydrogen-bond donors (Lipinski definition) is 11. The third-order valence-electron chi connectivity index (χ3n) is 20.4. The monoisotopic (exact) mass is 1480 g/mol. The van der Waals surface area contributed by atoms with E-state index in [0.29, 0.717) is 19.3 Å². The van der Waals surface area contributed by atoms with Crippen LogP contribution in [-0.4, -0.2) is 204 Å². The summed E-state index contributed by atoms with van der Waals surface area (Å²) in [4.78, 5) is 51.2. The Bertz CT molecular complexity index is 2100. The summed E-state index contributed by atoms with van der Waals surface area (Å²) in [5.74, 6) is -1.97. The summed E-state index contributed by atoms with van der Waals surface area (Å²) >= 11 is 0. The fraction of sp³-hybridized carbons (Fsp3) is 0.961. The van der Waals surface area contributed by atoms with Gasteiger partial charge >= 0.3 is 25.7 Å². The Balaban J connectivity index is 1.70. The van der Waals surface area contributed by atoms with Gasteiger partial charge in [0.2, 0.25) is 0 Å². The molecule has 3 rings (SSSR count). The third-order valence-corrected chi connectivity index (χ3v) is 21.4. The molecule has 2 aliphatic heterocycles. The number of unbranched alkanes of at least 4 members (excludes halogenated alkanes) is 44. The summed E-state index contributed by atoms with van der Waals surface area (Å²) in [6.07, 6.45) is 18.5. The van der Waals surface area contributed by atoms with Gasteiger partial charge in [-0.15, -0.1) is 0 Å². The van der Waals surface area contributed by atoms with Crippen molar-refractivity contribution in [2.24, 2.45) is 0 Å². The van der Waals surface area contributed by atoms with Crippen LogP contribution in [0, 0.1) is 0 Å². The number of phosphoric acid groups is 1. The third kappa shape index (κ3) is 41.0. The minimum Gasteiger partial charge on any atom is -0.463 e. The lowest BCUT2D eigenvalue weighted by Gasteiger charge is -2.49. The predicted octanol–water partition coefficient (Wildman–Crippen LogP) is 12.5. The van der Waals surface area contributed by atoms with Crippen LogP contribution in [0.1, 0.15) is 342 Å². The summed E-state index contributed by atoms with van der Waals surface area (Å²) in [5, 5.41) is 110. The molecule has 1 saturated carbocycles. The molecule has 25 heteroatoms. The molecule has 102 heavy (non-hydrogen) atoms. The van der Waals surface area contributed by atoms with Gasteiger partial charge in [0, 0.05) is 19.3 Å². The lowest BCUT2D eigenvalue weighted by molar-refractivity contribution is -0.360. The van der Waals surface area contributed by atoms with E-state index in [4.69, 9.17) is 42.2 Å². The van der Waals surface area contributed by atoms with Gasteiger partial charge in [-0.3, -0.25) is 23.4 Å². The maximum atomic E-state index is 14.4. The van der Waals surface area contributed by atoms with E-state index in [9.17, 15) is 74.9 Å². The Kier molecular flexibility index (Phi) is 54.4. The zero-order chi connectivity index (χ0) is 74.6. The minimum atomic E-state index is -5.70. The van der Waals surface area contributed by atoms with E-state index in [0.717, 1.165) is 89.9 Å². The number of ether oxygens (including phenoxy) is 7. The molecule has 0 amide bonds. The highest BCUT2D eigenvalue weighted by molar-refractivity contribution is 7.47. The molecule has 0 bridgehead atoms. The standard InChI is InChI=1S/C77H145O24P/c1-4-7-10-13-16-19-22-25-28-30-32-35-38-41-44-47-50-53-63(81)96-58(55-93-61(79)51-48-45-42-39-37-34-31-29-26-23-20-17-14-11-8-5-2)56-95-102(91,92)101-75-73(99-76-71(89)66(84)64(82)59(54-78)97-76)69(87)68(86)70(88)74(75)100-77-72(90)67(85)65(83)60(98-77)57-94-62(80)52-49-46-43-40-36-33-27-24-21-18-15-12-9-6-3/h58-60,64-78,82-90H,4-57H2,1-3H3,(H,91,92). The average Bonchev–Trinajstić information content (AvgIpc) is 0.761. The van der Waals surface area contributed by atoms with Crippen LogP contribution in [0.2, 0.25) is 0 Å². The van der Waals surface area contributed by atoms with E-state index in [1.807, 2.05) is 0 Å². The predicted molar refractivity (Wildman–Crippen MR) is 389 cm³/mol. The van der Waals surface area contributed by atoms with E-state index >= 15 is 0 Å². The molecule has 0 spiro atoms. The first-order valence-corrected chi connectivity index (χ1v) is 42.3. The number of aliphatic hydroxyl groups is 10. The molecule has 2 saturated heterocycles. The number of phosphoric ester groups is 1. The van der Waals surface area contributed by atoms with Crippen LogP contribution in [0.3, 0.4) is 0 Å². The first-order chi connectivity index (χ1) is 49.3. The van der Waals surface area contributed by atoms with Crippen molar-refractivity contribution in [1.82, 2.24) is 0 Å². The second kappa shape index (κ2) is 58.9. The highest BCUT2D eigenvalue weighted by Crippen LogP contribution is 2.49. The highest BCUT2D eigenvalue weighted by atomic mass is 31.2. The molecule has 0 aromatic heterocycles. The SMILES string of the molecule is CCCCCCCCCCCCCCCCCCCC(=O)OC(COC(=O)CCCCCCCCCCCCCCCCCC)COP(=O)(O)OC1C(OC2OC(CO)C(O)C(O)C2O)C(O)C(O)C(O)C1OC1OC(COC(=O)CCCCCCCCCCCCCCCC)C(O)C(O)C1O. The van der Waals surface area contributed by atoms with Gasteiger partial charge in [-0.25, -0.2) is 4.57 Å². The number of rotatable bonds is 65. The fourth-order valence-electron chi connectivity index (χ4n) is 13.8. The Labute approximate surface area is 612 Å². The van der Waals surface area contributed by atoms with Gasteiger partial charge in [0.1, 0.15) is 98.7 Å². The molecule has 0 aromatic rings. The minimum absolute atomic E-state index is 0.0324. The normalized spacial score (nSPS) is 27.0. The number of esters is 3. The molecule has 0 radical (unpaired) electrons. The molecule has 24 nitrogen and oxygen atoms in total. The van der Waals surface area contributed by atoms with Gasteiger partial charge in [-0.05, 0) is 19.3 Å². The molecule has 0 aromatic carbocycles. The first-order valence-electron chi connectivity index (χ1n) is 40.8. The van der Waals surface area contributed by atoms with Gasteiger partial charge in [-0.2, -0.15) is 0 Å². The fourth-order valence-corrected chi connectivity index (χ4v) is 14.7. The second-order valence-corrected chi connectivity index (χ2v) is 30.9. The number of aliphatic hydroxyl groups excluding tert-OH is 10. The van der Waals surface area contributed by atoms with Crippen molar-refractivity contribution in [2.45, 2.75) is 446 Å². The molecule has 602 valence electrons. The zero-order valence-electron chi connectivity index (χ0n) is 63.2. The van der Waals surface area contributed by atoms with Crippen molar-refractivity contribution in [3.63, 3.8) is 0 Å². The van der Waals surface area contributed by atoms with Gasteiger partial charge in [0.05, 0.1) is 13.2 Å². The number of carbonyl (C=O) groups excluding carboxylic acids is 3. The topological polar surface area (TPSA) is 374 Å².